The summed E-state index contributed by atoms with van der Waals surface area (Å²) in [5, 5.41) is 9.26. The summed E-state index contributed by atoms with van der Waals surface area (Å²) in [5.74, 6) is 0.690. The van der Waals surface area contributed by atoms with Gasteiger partial charge in [-0.3, -0.25) is 0 Å². The summed E-state index contributed by atoms with van der Waals surface area (Å²) in [4.78, 5) is 2.37. The molecule has 0 aromatic rings. The van der Waals surface area contributed by atoms with Gasteiger partial charge in [-0.2, -0.15) is 0 Å². The van der Waals surface area contributed by atoms with E-state index in [1.807, 2.05) is 6.92 Å². The molecule has 3 N–H and O–H groups in total. The monoisotopic (exact) mass is 258 g/mol. The van der Waals surface area contributed by atoms with Crippen LogP contribution in [0.5, 0.6) is 0 Å². The Hall–Kier alpha value is -0.160. The minimum absolute atomic E-state index is 0.0870. The third kappa shape index (κ3) is 5.65. The molecule has 18 heavy (non-hydrogen) atoms. The topological polar surface area (TPSA) is 58.7 Å². The number of hydrogen-bond acceptors (Lipinski definition) is 4. The summed E-state index contributed by atoms with van der Waals surface area (Å²) in [6, 6.07) is 0. The molecule has 2 unspecified atom stereocenters. The lowest BCUT2D eigenvalue weighted by atomic mass is 9.92. The van der Waals surface area contributed by atoms with E-state index in [4.69, 9.17) is 10.5 Å². The first-order valence-corrected chi connectivity index (χ1v) is 7.25. The normalized spacial score (nSPS) is 24.2. The zero-order valence-electron chi connectivity index (χ0n) is 12.0. The van der Waals surface area contributed by atoms with Crippen LogP contribution in [0.1, 0.15) is 39.0 Å². The van der Waals surface area contributed by atoms with Crippen molar-refractivity contribution < 1.29 is 9.84 Å². The van der Waals surface area contributed by atoms with Gasteiger partial charge in [-0.05, 0) is 51.6 Å². The van der Waals surface area contributed by atoms with Crippen molar-refractivity contribution in [3.05, 3.63) is 0 Å². The SMILES string of the molecule is CCC(N)(CO)CCCN(C)CC1CCCOC1. The Morgan fingerprint density at radius 2 is 2.28 bits per heavy atom. The molecular formula is C14H30N2O2. The maximum absolute atomic E-state index is 9.26. The molecule has 0 bridgehead atoms. The van der Waals surface area contributed by atoms with Gasteiger partial charge in [0.25, 0.3) is 0 Å². The van der Waals surface area contributed by atoms with Gasteiger partial charge in [0.05, 0.1) is 13.2 Å². The van der Waals surface area contributed by atoms with Gasteiger partial charge in [-0.1, -0.05) is 6.92 Å². The van der Waals surface area contributed by atoms with Gasteiger partial charge >= 0.3 is 0 Å². The molecule has 0 amide bonds. The van der Waals surface area contributed by atoms with Crippen molar-refractivity contribution in [1.29, 1.82) is 0 Å². The van der Waals surface area contributed by atoms with E-state index in [0.29, 0.717) is 5.92 Å². The Morgan fingerprint density at radius 1 is 1.50 bits per heavy atom. The number of nitrogens with zero attached hydrogens (tertiary/aromatic N) is 1. The highest BCUT2D eigenvalue weighted by atomic mass is 16.5. The van der Waals surface area contributed by atoms with Gasteiger partial charge in [-0.25, -0.2) is 0 Å². The Kier molecular flexibility index (Phi) is 7.15. The van der Waals surface area contributed by atoms with E-state index in [1.54, 1.807) is 0 Å². The van der Waals surface area contributed by atoms with Crippen LogP contribution in [0.3, 0.4) is 0 Å². The van der Waals surface area contributed by atoms with E-state index >= 15 is 0 Å². The summed E-state index contributed by atoms with van der Waals surface area (Å²) >= 11 is 0. The maximum Gasteiger partial charge on any atom is 0.0611 e. The molecular weight excluding hydrogens is 228 g/mol. The van der Waals surface area contributed by atoms with Gasteiger partial charge < -0.3 is 20.5 Å². The van der Waals surface area contributed by atoms with Gasteiger partial charge in [-0.15, -0.1) is 0 Å². The second kappa shape index (κ2) is 8.10. The van der Waals surface area contributed by atoms with E-state index in [0.717, 1.165) is 45.6 Å². The molecule has 0 aromatic heterocycles. The molecule has 1 saturated heterocycles. The van der Waals surface area contributed by atoms with Gasteiger partial charge in [0.15, 0.2) is 0 Å². The van der Waals surface area contributed by atoms with E-state index in [2.05, 4.69) is 11.9 Å². The minimum atomic E-state index is -0.380. The standard InChI is InChI=1S/C14H30N2O2/c1-3-14(15,12-17)7-5-8-16(2)10-13-6-4-9-18-11-13/h13,17H,3-12,15H2,1-2H3. The fraction of sp³-hybridized carbons (Fsp3) is 1.00. The fourth-order valence-corrected chi connectivity index (χ4v) is 2.55. The predicted molar refractivity (Wildman–Crippen MR) is 74.6 cm³/mol. The molecule has 2 atom stereocenters. The van der Waals surface area contributed by atoms with Crippen molar-refractivity contribution >= 4 is 0 Å². The third-order valence-corrected chi connectivity index (χ3v) is 4.06. The van der Waals surface area contributed by atoms with Crippen LogP contribution in [-0.2, 0) is 4.74 Å². The lowest BCUT2D eigenvalue weighted by molar-refractivity contribution is 0.0415. The quantitative estimate of drug-likeness (QED) is 0.687. The average Bonchev–Trinajstić information content (AvgIpc) is 2.39. The zero-order chi connectivity index (χ0) is 13.4. The molecule has 1 rings (SSSR count). The molecule has 4 nitrogen and oxygen atoms in total. The first kappa shape index (κ1) is 15.9. The Balaban J connectivity index is 2.14. The maximum atomic E-state index is 9.26. The Morgan fingerprint density at radius 3 is 2.83 bits per heavy atom. The molecule has 108 valence electrons. The van der Waals surface area contributed by atoms with Gasteiger partial charge in [0.2, 0.25) is 0 Å². The largest absolute Gasteiger partial charge is 0.394 e. The van der Waals surface area contributed by atoms with Crippen molar-refractivity contribution in [3.8, 4) is 0 Å². The highest BCUT2D eigenvalue weighted by Gasteiger charge is 2.21. The average molecular weight is 258 g/mol. The number of nitrogens with two attached hydrogens (primary N) is 1. The van der Waals surface area contributed by atoms with Crippen molar-refractivity contribution in [2.45, 2.75) is 44.6 Å². The van der Waals surface area contributed by atoms with E-state index < -0.39 is 0 Å². The number of ether oxygens (including phenoxy) is 1. The Bertz CT molecular complexity index is 214. The smallest absolute Gasteiger partial charge is 0.0611 e. The lowest BCUT2D eigenvalue weighted by Crippen LogP contribution is -2.43. The highest BCUT2D eigenvalue weighted by molar-refractivity contribution is 4.81. The second-order valence-electron chi connectivity index (χ2n) is 5.82. The summed E-state index contributed by atoms with van der Waals surface area (Å²) in [6.07, 6.45) is 5.27. The minimum Gasteiger partial charge on any atom is -0.394 e. The van der Waals surface area contributed by atoms with Crippen LogP contribution in [0.2, 0.25) is 0 Å². The molecule has 0 saturated carbocycles. The summed E-state index contributed by atoms with van der Waals surface area (Å²) < 4.78 is 5.50. The van der Waals surface area contributed by atoms with Crippen LogP contribution in [0.4, 0.5) is 0 Å². The fourth-order valence-electron chi connectivity index (χ4n) is 2.55. The second-order valence-corrected chi connectivity index (χ2v) is 5.82. The van der Waals surface area contributed by atoms with Crippen LogP contribution in [-0.4, -0.2) is 55.5 Å². The number of rotatable bonds is 8. The van der Waals surface area contributed by atoms with E-state index in [9.17, 15) is 5.11 Å². The predicted octanol–water partition coefficient (Wildman–Crippen LogP) is 1.22. The summed E-state index contributed by atoms with van der Waals surface area (Å²) in [7, 11) is 2.16. The summed E-state index contributed by atoms with van der Waals surface area (Å²) in [6.45, 7) is 6.14. The van der Waals surface area contributed by atoms with E-state index in [-0.39, 0.29) is 12.1 Å². The molecule has 0 spiro atoms. The number of aliphatic hydroxyl groups is 1. The molecule has 0 radical (unpaired) electrons. The third-order valence-electron chi connectivity index (χ3n) is 4.06. The van der Waals surface area contributed by atoms with Crippen LogP contribution in [0.15, 0.2) is 0 Å². The molecule has 1 fully saturated rings. The lowest BCUT2D eigenvalue weighted by Gasteiger charge is -2.29. The van der Waals surface area contributed by atoms with Crippen molar-refractivity contribution in [2.24, 2.45) is 11.7 Å². The van der Waals surface area contributed by atoms with Crippen LogP contribution in [0, 0.1) is 5.92 Å². The zero-order valence-corrected chi connectivity index (χ0v) is 12.0. The molecule has 0 aliphatic carbocycles. The van der Waals surface area contributed by atoms with E-state index in [1.165, 1.54) is 12.8 Å². The highest BCUT2D eigenvalue weighted by Crippen LogP contribution is 2.16. The summed E-state index contributed by atoms with van der Waals surface area (Å²) in [5.41, 5.74) is 5.70. The van der Waals surface area contributed by atoms with Crippen molar-refractivity contribution in [3.63, 3.8) is 0 Å². The molecule has 0 aromatic carbocycles. The van der Waals surface area contributed by atoms with Crippen molar-refractivity contribution in [2.75, 3.05) is 40.0 Å². The first-order valence-electron chi connectivity index (χ1n) is 7.25. The van der Waals surface area contributed by atoms with Gasteiger partial charge in [0.1, 0.15) is 0 Å². The first-order chi connectivity index (χ1) is 8.59. The molecule has 1 aliphatic rings. The molecule has 4 heteroatoms. The van der Waals surface area contributed by atoms with Crippen molar-refractivity contribution in [1.82, 2.24) is 4.90 Å². The van der Waals surface area contributed by atoms with Crippen LogP contribution in [0.25, 0.3) is 0 Å². The van der Waals surface area contributed by atoms with Gasteiger partial charge in [0, 0.05) is 18.7 Å². The number of hydrogen-bond donors (Lipinski definition) is 2. The number of aliphatic hydroxyl groups excluding tert-OH is 1. The Labute approximate surface area is 111 Å². The molecule has 1 aliphatic heterocycles. The van der Waals surface area contributed by atoms with Crippen LogP contribution >= 0.6 is 0 Å². The molecule has 1 heterocycles. The van der Waals surface area contributed by atoms with Crippen LogP contribution < -0.4 is 5.73 Å².